The van der Waals surface area contributed by atoms with E-state index in [0.29, 0.717) is 6.61 Å². The second-order valence-electron chi connectivity index (χ2n) is 6.51. The van der Waals surface area contributed by atoms with Crippen LogP contribution >= 0.6 is 0 Å². The Labute approximate surface area is 118 Å². The van der Waals surface area contributed by atoms with E-state index in [-0.39, 0.29) is 29.4 Å². The predicted octanol–water partition coefficient (Wildman–Crippen LogP) is 1.19. The Hall–Kier alpha value is -1.36. The van der Waals surface area contributed by atoms with Gasteiger partial charge in [-0.05, 0) is 38.5 Å². The van der Waals surface area contributed by atoms with Gasteiger partial charge in [-0.15, -0.1) is 0 Å². The van der Waals surface area contributed by atoms with Crippen molar-refractivity contribution in [2.24, 2.45) is 23.7 Å². The zero-order valence-electron chi connectivity index (χ0n) is 11.8. The number of nitrogens with one attached hydrogen (secondary N) is 1. The van der Waals surface area contributed by atoms with Crippen LogP contribution in [-0.4, -0.2) is 35.2 Å². The van der Waals surface area contributed by atoms with Gasteiger partial charge in [0.15, 0.2) is 0 Å². The Bertz CT molecular complexity index is 474. The molecule has 1 amide bonds. The lowest BCUT2D eigenvalue weighted by Crippen LogP contribution is -2.54. The third-order valence-corrected chi connectivity index (χ3v) is 5.34. The first-order valence-corrected chi connectivity index (χ1v) is 7.27. The number of ether oxygens (including phenoxy) is 1. The number of hydrogen-bond acceptors (Lipinski definition) is 3. The van der Waals surface area contributed by atoms with E-state index in [1.54, 1.807) is 0 Å². The molecule has 3 aliphatic rings. The van der Waals surface area contributed by atoms with Crippen LogP contribution in [0.15, 0.2) is 12.2 Å². The Morgan fingerprint density at radius 2 is 1.95 bits per heavy atom. The third-order valence-electron chi connectivity index (χ3n) is 5.34. The molecule has 110 valence electrons. The number of fused-ring (bicyclic) bond motifs is 2. The molecule has 2 N–H and O–H groups in total. The molecule has 1 aliphatic heterocycles. The Balaban J connectivity index is 1.77. The Morgan fingerprint density at radius 1 is 1.30 bits per heavy atom. The fraction of sp³-hybridized carbons (Fsp3) is 0.733. The molecule has 3 rings (SSSR count). The lowest BCUT2D eigenvalue weighted by atomic mass is 9.81. The molecule has 1 saturated heterocycles. The molecule has 1 heterocycles. The van der Waals surface area contributed by atoms with E-state index in [1.807, 2.05) is 26.0 Å². The first-order valence-electron chi connectivity index (χ1n) is 7.27. The minimum atomic E-state index is -0.858. The van der Waals surface area contributed by atoms with Crippen molar-refractivity contribution in [3.05, 3.63) is 12.2 Å². The van der Waals surface area contributed by atoms with Gasteiger partial charge in [0.25, 0.3) is 0 Å². The first kappa shape index (κ1) is 13.6. The summed E-state index contributed by atoms with van der Waals surface area (Å²) >= 11 is 0. The number of carbonyl (C=O) groups is 2. The molecular weight excluding hydrogens is 258 g/mol. The number of hydrogen-bond donors (Lipinski definition) is 2. The van der Waals surface area contributed by atoms with Gasteiger partial charge in [-0.2, -0.15) is 0 Å². The molecule has 5 heteroatoms. The highest BCUT2D eigenvalue weighted by molar-refractivity contribution is 5.87. The molecule has 0 radical (unpaired) electrons. The van der Waals surface area contributed by atoms with Crippen molar-refractivity contribution in [3.8, 4) is 0 Å². The van der Waals surface area contributed by atoms with Crippen molar-refractivity contribution in [1.82, 2.24) is 5.32 Å². The minimum Gasteiger partial charge on any atom is -0.481 e. The molecule has 0 aromatic heterocycles. The van der Waals surface area contributed by atoms with Crippen LogP contribution < -0.4 is 5.32 Å². The summed E-state index contributed by atoms with van der Waals surface area (Å²) in [6, 6.07) is 0. The molecule has 2 aliphatic carbocycles. The van der Waals surface area contributed by atoms with Crippen LogP contribution in [0.1, 0.15) is 26.7 Å². The summed E-state index contributed by atoms with van der Waals surface area (Å²) in [6.07, 6.45) is 5.48. The molecule has 5 nitrogen and oxygen atoms in total. The molecule has 0 aromatic carbocycles. The van der Waals surface area contributed by atoms with Gasteiger partial charge in [-0.25, -0.2) is 0 Å². The largest absolute Gasteiger partial charge is 0.481 e. The highest BCUT2D eigenvalue weighted by Crippen LogP contribution is 2.48. The van der Waals surface area contributed by atoms with Gasteiger partial charge >= 0.3 is 5.97 Å². The van der Waals surface area contributed by atoms with E-state index in [4.69, 9.17) is 4.74 Å². The molecule has 2 fully saturated rings. The number of carboxylic acids is 1. The van der Waals surface area contributed by atoms with Crippen molar-refractivity contribution in [2.45, 2.75) is 38.3 Å². The second-order valence-corrected chi connectivity index (χ2v) is 6.51. The first-order chi connectivity index (χ1) is 9.42. The summed E-state index contributed by atoms with van der Waals surface area (Å²) in [4.78, 5) is 24.0. The topological polar surface area (TPSA) is 75.6 Å². The van der Waals surface area contributed by atoms with Gasteiger partial charge in [0.1, 0.15) is 0 Å². The number of carbonyl (C=O) groups excluding carboxylic acids is 1. The zero-order chi connectivity index (χ0) is 14.5. The van der Waals surface area contributed by atoms with Crippen LogP contribution in [0.25, 0.3) is 0 Å². The number of rotatable bonds is 3. The fourth-order valence-electron chi connectivity index (χ4n) is 3.88. The highest BCUT2D eigenvalue weighted by atomic mass is 16.5. The summed E-state index contributed by atoms with van der Waals surface area (Å²) in [5.41, 5.74) is -0.383. The van der Waals surface area contributed by atoms with Crippen LogP contribution in [0.3, 0.4) is 0 Å². The van der Waals surface area contributed by atoms with Gasteiger partial charge < -0.3 is 15.2 Å². The van der Waals surface area contributed by atoms with Crippen LogP contribution in [0.4, 0.5) is 0 Å². The monoisotopic (exact) mass is 279 g/mol. The van der Waals surface area contributed by atoms with Crippen molar-refractivity contribution < 1.29 is 19.4 Å². The van der Waals surface area contributed by atoms with Crippen LogP contribution in [0.5, 0.6) is 0 Å². The van der Waals surface area contributed by atoms with Gasteiger partial charge in [-0.3, -0.25) is 9.59 Å². The third kappa shape index (κ3) is 1.95. The second kappa shape index (κ2) is 4.58. The highest BCUT2D eigenvalue weighted by Gasteiger charge is 2.53. The van der Waals surface area contributed by atoms with Gasteiger partial charge in [0.05, 0.1) is 23.5 Å². The molecule has 1 saturated carbocycles. The van der Waals surface area contributed by atoms with Gasteiger partial charge in [-0.1, -0.05) is 12.2 Å². The quantitative estimate of drug-likeness (QED) is 0.761. The molecule has 6 atom stereocenters. The smallest absolute Gasteiger partial charge is 0.307 e. The van der Waals surface area contributed by atoms with Gasteiger partial charge in [0, 0.05) is 6.61 Å². The summed E-state index contributed by atoms with van der Waals surface area (Å²) in [5, 5.41) is 12.4. The maximum Gasteiger partial charge on any atom is 0.307 e. The van der Waals surface area contributed by atoms with Crippen LogP contribution in [-0.2, 0) is 14.3 Å². The number of carboxylic acid groups (broad SMARTS) is 1. The van der Waals surface area contributed by atoms with E-state index in [1.165, 1.54) is 0 Å². The van der Waals surface area contributed by atoms with Crippen molar-refractivity contribution in [2.75, 3.05) is 6.61 Å². The summed E-state index contributed by atoms with van der Waals surface area (Å²) in [5.74, 6) is -1.92. The van der Waals surface area contributed by atoms with Crippen molar-refractivity contribution in [3.63, 3.8) is 0 Å². The summed E-state index contributed by atoms with van der Waals surface area (Å²) in [7, 11) is 0. The van der Waals surface area contributed by atoms with E-state index in [2.05, 4.69) is 5.32 Å². The lowest BCUT2D eigenvalue weighted by molar-refractivity contribution is -0.148. The SMILES string of the molecule is CC1OCCC1(C)NC(=O)[C@H]1C2C=CC(C2)[C@H]1C(=O)O. The average Bonchev–Trinajstić information content (AvgIpc) is 3.04. The van der Waals surface area contributed by atoms with Gasteiger partial charge in [0.2, 0.25) is 5.91 Å². The van der Waals surface area contributed by atoms with E-state index in [9.17, 15) is 14.7 Å². The molecule has 4 unspecified atom stereocenters. The maximum atomic E-state index is 12.6. The maximum absolute atomic E-state index is 12.6. The molecule has 0 spiro atoms. The summed E-state index contributed by atoms with van der Waals surface area (Å²) in [6.45, 7) is 4.56. The van der Waals surface area contributed by atoms with Crippen molar-refractivity contribution in [1.29, 1.82) is 0 Å². The van der Waals surface area contributed by atoms with E-state index in [0.717, 1.165) is 12.8 Å². The average molecular weight is 279 g/mol. The van der Waals surface area contributed by atoms with Crippen LogP contribution in [0, 0.1) is 23.7 Å². The van der Waals surface area contributed by atoms with E-state index < -0.39 is 17.8 Å². The van der Waals surface area contributed by atoms with Crippen molar-refractivity contribution >= 4 is 11.9 Å². The number of amides is 1. The Kier molecular flexibility index (Phi) is 3.12. The fourth-order valence-corrected chi connectivity index (χ4v) is 3.88. The standard InChI is InChI=1S/C15H21NO4/c1-8-15(2,5-6-20-8)16-13(17)11-9-3-4-10(7-9)12(11)14(18)19/h3-4,8-12H,5-7H2,1-2H3,(H,16,17)(H,18,19)/t8?,9?,10?,11-,12+,15?/m0/s1. The molecular formula is C15H21NO4. The molecule has 2 bridgehead atoms. The predicted molar refractivity (Wildman–Crippen MR) is 71.9 cm³/mol. The summed E-state index contributed by atoms with van der Waals surface area (Å²) < 4.78 is 5.52. The molecule has 0 aromatic rings. The number of allylic oxidation sites excluding steroid dienone is 2. The minimum absolute atomic E-state index is 0.0123. The number of aliphatic carboxylic acids is 1. The van der Waals surface area contributed by atoms with Crippen LogP contribution in [0.2, 0.25) is 0 Å². The molecule has 20 heavy (non-hydrogen) atoms. The van der Waals surface area contributed by atoms with E-state index >= 15 is 0 Å². The normalized spacial score (nSPS) is 45.8. The Morgan fingerprint density at radius 3 is 2.50 bits per heavy atom. The lowest BCUT2D eigenvalue weighted by Gasteiger charge is -2.32. The zero-order valence-corrected chi connectivity index (χ0v) is 11.8.